The zero-order valence-electron chi connectivity index (χ0n) is 14.5. The summed E-state index contributed by atoms with van der Waals surface area (Å²) in [7, 11) is 0. The number of carbonyl (C=O) groups excluding carboxylic acids is 1. The first-order chi connectivity index (χ1) is 9.49. The standard InChI is InChI=1S/C16H35N3O/c1-7-17(8-2)11-13-19(16(20)15(5)6)14-12-18(9-3)10-4/h15H,7-14H2,1-6H3. The zero-order valence-corrected chi connectivity index (χ0v) is 14.5. The molecule has 4 heteroatoms. The summed E-state index contributed by atoms with van der Waals surface area (Å²) in [6.07, 6.45) is 0. The topological polar surface area (TPSA) is 26.8 Å². The third-order valence-electron chi connectivity index (χ3n) is 3.97. The maximum absolute atomic E-state index is 12.3. The van der Waals surface area contributed by atoms with Crippen LogP contribution in [0.5, 0.6) is 0 Å². The molecule has 0 unspecified atom stereocenters. The normalized spacial score (nSPS) is 11.7. The van der Waals surface area contributed by atoms with Crippen molar-refractivity contribution >= 4 is 5.91 Å². The quantitative estimate of drug-likeness (QED) is 0.582. The summed E-state index contributed by atoms with van der Waals surface area (Å²) >= 11 is 0. The van der Waals surface area contributed by atoms with E-state index in [1.54, 1.807) is 0 Å². The molecule has 0 heterocycles. The lowest BCUT2D eigenvalue weighted by Gasteiger charge is -2.30. The number of amides is 1. The molecule has 1 amide bonds. The van der Waals surface area contributed by atoms with Gasteiger partial charge in [0, 0.05) is 32.1 Å². The number of hydrogen-bond donors (Lipinski definition) is 0. The smallest absolute Gasteiger partial charge is 0.225 e. The molecule has 0 radical (unpaired) electrons. The minimum absolute atomic E-state index is 0.0865. The fraction of sp³-hybridized carbons (Fsp3) is 0.938. The summed E-state index contributed by atoms with van der Waals surface area (Å²) in [5.74, 6) is 0.368. The van der Waals surface area contributed by atoms with Crippen molar-refractivity contribution in [1.82, 2.24) is 14.7 Å². The van der Waals surface area contributed by atoms with Gasteiger partial charge in [0.25, 0.3) is 0 Å². The molecule has 0 rings (SSSR count). The summed E-state index contributed by atoms with van der Waals surface area (Å²) in [6.45, 7) is 20.5. The van der Waals surface area contributed by atoms with E-state index >= 15 is 0 Å². The molecule has 0 aromatic rings. The van der Waals surface area contributed by atoms with E-state index in [-0.39, 0.29) is 11.8 Å². The van der Waals surface area contributed by atoms with E-state index in [9.17, 15) is 4.79 Å². The number of rotatable bonds is 11. The van der Waals surface area contributed by atoms with Crippen LogP contribution in [-0.2, 0) is 4.79 Å². The minimum Gasteiger partial charge on any atom is -0.340 e. The van der Waals surface area contributed by atoms with Crippen LogP contribution in [0.25, 0.3) is 0 Å². The minimum atomic E-state index is 0.0865. The van der Waals surface area contributed by atoms with Gasteiger partial charge in [-0.1, -0.05) is 41.5 Å². The van der Waals surface area contributed by atoms with Crippen molar-refractivity contribution in [3.63, 3.8) is 0 Å². The first kappa shape index (κ1) is 19.4. The van der Waals surface area contributed by atoms with Crippen LogP contribution in [0.3, 0.4) is 0 Å². The van der Waals surface area contributed by atoms with Crippen molar-refractivity contribution in [3.8, 4) is 0 Å². The van der Waals surface area contributed by atoms with E-state index in [0.29, 0.717) is 0 Å². The summed E-state index contributed by atoms with van der Waals surface area (Å²) in [6, 6.07) is 0. The van der Waals surface area contributed by atoms with E-state index in [1.807, 2.05) is 18.7 Å². The predicted molar refractivity (Wildman–Crippen MR) is 87.0 cm³/mol. The Morgan fingerprint density at radius 3 is 1.35 bits per heavy atom. The molecule has 0 bridgehead atoms. The van der Waals surface area contributed by atoms with Gasteiger partial charge in [0.1, 0.15) is 0 Å². The summed E-state index contributed by atoms with van der Waals surface area (Å²) in [4.78, 5) is 19.1. The van der Waals surface area contributed by atoms with Gasteiger partial charge in [-0.2, -0.15) is 0 Å². The van der Waals surface area contributed by atoms with Crippen LogP contribution in [-0.4, -0.2) is 73.0 Å². The molecule has 0 saturated heterocycles. The highest BCUT2D eigenvalue weighted by atomic mass is 16.2. The molecule has 0 aliphatic heterocycles. The first-order valence-corrected chi connectivity index (χ1v) is 8.23. The van der Waals surface area contributed by atoms with Crippen LogP contribution < -0.4 is 0 Å². The lowest BCUT2D eigenvalue weighted by atomic mass is 10.2. The molecule has 0 N–H and O–H groups in total. The van der Waals surface area contributed by atoms with Crippen molar-refractivity contribution in [2.45, 2.75) is 41.5 Å². The van der Waals surface area contributed by atoms with Crippen LogP contribution in [0.2, 0.25) is 0 Å². The SMILES string of the molecule is CCN(CC)CCN(CCN(CC)CC)C(=O)C(C)C. The largest absolute Gasteiger partial charge is 0.340 e. The monoisotopic (exact) mass is 285 g/mol. The van der Waals surface area contributed by atoms with E-state index in [0.717, 1.165) is 52.4 Å². The van der Waals surface area contributed by atoms with Gasteiger partial charge in [0.15, 0.2) is 0 Å². The number of hydrogen-bond acceptors (Lipinski definition) is 3. The lowest BCUT2D eigenvalue weighted by molar-refractivity contribution is -0.134. The van der Waals surface area contributed by atoms with Crippen molar-refractivity contribution in [2.24, 2.45) is 5.92 Å². The highest BCUT2D eigenvalue weighted by molar-refractivity contribution is 5.78. The highest BCUT2D eigenvalue weighted by Gasteiger charge is 2.18. The maximum Gasteiger partial charge on any atom is 0.225 e. The predicted octanol–water partition coefficient (Wildman–Crippen LogP) is 2.15. The lowest BCUT2D eigenvalue weighted by Crippen LogP contribution is -2.44. The molecule has 0 atom stereocenters. The van der Waals surface area contributed by atoms with E-state index in [2.05, 4.69) is 37.5 Å². The Balaban J connectivity index is 4.45. The molecular weight excluding hydrogens is 250 g/mol. The Labute approximate surface area is 126 Å². The van der Waals surface area contributed by atoms with Gasteiger partial charge >= 0.3 is 0 Å². The molecule has 0 fully saturated rings. The summed E-state index contributed by atoms with van der Waals surface area (Å²) in [5.41, 5.74) is 0. The fourth-order valence-corrected chi connectivity index (χ4v) is 2.30. The van der Waals surface area contributed by atoms with Crippen LogP contribution in [0, 0.1) is 5.92 Å². The fourth-order valence-electron chi connectivity index (χ4n) is 2.30. The van der Waals surface area contributed by atoms with Crippen LogP contribution in [0.15, 0.2) is 0 Å². The van der Waals surface area contributed by atoms with Crippen molar-refractivity contribution in [1.29, 1.82) is 0 Å². The molecule has 20 heavy (non-hydrogen) atoms. The Morgan fingerprint density at radius 1 is 0.750 bits per heavy atom. The van der Waals surface area contributed by atoms with E-state index in [4.69, 9.17) is 0 Å². The third-order valence-corrected chi connectivity index (χ3v) is 3.97. The maximum atomic E-state index is 12.3. The molecule has 4 nitrogen and oxygen atoms in total. The van der Waals surface area contributed by atoms with Crippen LogP contribution in [0.1, 0.15) is 41.5 Å². The van der Waals surface area contributed by atoms with Gasteiger partial charge in [-0.05, 0) is 26.2 Å². The molecule has 120 valence electrons. The van der Waals surface area contributed by atoms with Crippen molar-refractivity contribution < 1.29 is 4.79 Å². The van der Waals surface area contributed by atoms with Crippen LogP contribution in [0.4, 0.5) is 0 Å². The zero-order chi connectivity index (χ0) is 15.5. The van der Waals surface area contributed by atoms with Gasteiger partial charge in [-0.3, -0.25) is 4.79 Å². The second-order valence-electron chi connectivity index (χ2n) is 5.53. The molecule has 0 aromatic carbocycles. The Bertz CT molecular complexity index is 232. The molecule has 0 saturated carbocycles. The molecule has 0 aliphatic carbocycles. The summed E-state index contributed by atoms with van der Waals surface area (Å²) in [5, 5.41) is 0. The molecule has 0 aliphatic rings. The second-order valence-corrected chi connectivity index (χ2v) is 5.53. The number of carbonyl (C=O) groups is 1. The van der Waals surface area contributed by atoms with Gasteiger partial charge in [0.2, 0.25) is 5.91 Å². The van der Waals surface area contributed by atoms with Gasteiger partial charge in [0.05, 0.1) is 0 Å². The number of nitrogens with zero attached hydrogens (tertiary/aromatic N) is 3. The van der Waals surface area contributed by atoms with Gasteiger partial charge in [-0.15, -0.1) is 0 Å². The second kappa shape index (κ2) is 11.1. The molecule has 0 spiro atoms. The number of likely N-dealkylation sites (N-methyl/N-ethyl adjacent to an activating group) is 2. The highest BCUT2D eigenvalue weighted by Crippen LogP contribution is 2.03. The average molecular weight is 285 g/mol. The van der Waals surface area contributed by atoms with Crippen LogP contribution >= 0.6 is 0 Å². The Morgan fingerprint density at radius 2 is 1.10 bits per heavy atom. The van der Waals surface area contributed by atoms with Crippen molar-refractivity contribution in [3.05, 3.63) is 0 Å². The third kappa shape index (κ3) is 7.25. The van der Waals surface area contributed by atoms with E-state index in [1.165, 1.54) is 0 Å². The van der Waals surface area contributed by atoms with E-state index < -0.39 is 0 Å². The Kier molecular flexibility index (Phi) is 10.8. The molecular formula is C16H35N3O. The average Bonchev–Trinajstić information content (AvgIpc) is 2.46. The van der Waals surface area contributed by atoms with Crippen molar-refractivity contribution in [2.75, 3.05) is 52.4 Å². The van der Waals surface area contributed by atoms with Gasteiger partial charge in [-0.25, -0.2) is 0 Å². The summed E-state index contributed by atoms with van der Waals surface area (Å²) < 4.78 is 0. The Hall–Kier alpha value is -0.610. The first-order valence-electron chi connectivity index (χ1n) is 8.23. The molecule has 0 aromatic heterocycles. The van der Waals surface area contributed by atoms with Gasteiger partial charge < -0.3 is 14.7 Å².